The fraction of sp³-hybridized carbons (Fsp3) is 1.00. The summed E-state index contributed by atoms with van der Waals surface area (Å²) in [7, 11) is 2.24. The van der Waals surface area contributed by atoms with Crippen LogP contribution in [0.5, 0.6) is 0 Å². The molecule has 1 rings (SSSR count). The molecular weight excluding hydrogens is 148 g/mol. The molecule has 2 nitrogen and oxygen atoms in total. The van der Waals surface area contributed by atoms with Crippen LogP contribution in [0.3, 0.4) is 0 Å². The van der Waals surface area contributed by atoms with Gasteiger partial charge in [0.05, 0.1) is 32.2 Å². The average Bonchev–Trinajstić information content (AvgIpc) is 2.10. The number of hydrogen-bond acceptors (Lipinski definition) is 1. The van der Waals surface area contributed by atoms with Gasteiger partial charge in [-0.05, 0) is 27.8 Å². The lowest BCUT2D eigenvalue weighted by molar-refractivity contribution is -0.931. The largest absolute Gasteiger partial charge is 0.322 e. The molecule has 0 radical (unpaired) electrons. The van der Waals surface area contributed by atoms with E-state index in [1.165, 1.54) is 37.2 Å². The molecule has 1 unspecified atom stereocenters. The van der Waals surface area contributed by atoms with Crippen molar-refractivity contribution >= 4 is 0 Å². The number of likely N-dealkylation sites (N-methyl/N-ethyl adjacent to an activating group) is 2. The first-order valence-corrected chi connectivity index (χ1v) is 5.19. The molecule has 1 fully saturated rings. The van der Waals surface area contributed by atoms with Crippen LogP contribution >= 0.6 is 0 Å². The zero-order valence-electron chi connectivity index (χ0n) is 9.01. The highest BCUT2D eigenvalue weighted by Crippen LogP contribution is 2.15. The molecule has 0 aliphatic carbocycles. The Hall–Kier alpha value is -0.0800. The minimum Gasteiger partial charge on any atom is -0.322 e. The number of nitrogens with zero attached hydrogens (tertiary/aromatic N) is 2. The average molecular weight is 171 g/mol. The van der Waals surface area contributed by atoms with Crippen LogP contribution in [0.2, 0.25) is 0 Å². The molecule has 72 valence electrons. The smallest absolute Gasteiger partial charge is 0.0942 e. The van der Waals surface area contributed by atoms with Crippen molar-refractivity contribution in [2.45, 2.75) is 26.8 Å². The fourth-order valence-electron chi connectivity index (χ4n) is 2.18. The van der Waals surface area contributed by atoms with Crippen molar-refractivity contribution in [3.63, 3.8) is 0 Å². The first-order chi connectivity index (χ1) is 5.63. The van der Waals surface area contributed by atoms with E-state index in [9.17, 15) is 0 Å². The van der Waals surface area contributed by atoms with Crippen LogP contribution in [-0.4, -0.2) is 55.2 Å². The molecule has 1 saturated heterocycles. The summed E-state index contributed by atoms with van der Waals surface area (Å²) < 4.78 is 1.32. The minimum atomic E-state index is 0.763. The van der Waals surface area contributed by atoms with Gasteiger partial charge in [0.25, 0.3) is 0 Å². The lowest BCUT2D eigenvalue weighted by Crippen LogP contribution is -2.61. The molecule has 12 heavy (non-hydrogen) atoms. The van der Waals surface area contributed by atoms with Gasteiger partial charge in [-0.1, -0.05) is 0 Å². The van der Waals surface area contributed by atoms with Crippen molar-refractivity contribution in [2.24, 2.45) is 0 Å². The zero-order chi connectivity index (χ0) is 9.19. The zero-order valence-corrected chi connectivity index (χ0v) is 9.01. The van der Waals surface area contributed by atoms with Crippen LogP contribution in [0.4, 0.5) is 0 Å². The van der Waals surface area contributed by atoms with Gasteiger partial charge in [0.2, 0.25) is 0 Å². The van der Waals surface area contributed by atoms with Crippen LogP contribution in [-0.2, 0) is 0 Å². The molecule has 2 heteroatoms. The van der Waals surface area contributed by atoms with Gasteiger partial charge in [-0.25, -0.2) is 0 Å². The van der Waals surface area contributed by atoms with Gasteiger partial charge < -0.3 is 4.48 Å². The van der Waals surface area contributed by atoms with Crippen LogP contribution in [0.15, 0.2) is 0 Å². The fourth-order valence-corrected chi connectivity index (χ4v) is 2.18. The van der Waals surface area contributed by atoms with E-state index >= 15 is 0 Å². The van der Waals surface area contributed by atoms with E-state index in [0.717, 1.165) is 6.04 Å². The summed E-state index contributed by atoms with van der Waals surface area (Å²) in [6.07, 6.45) is 0. The van der Waals surface area contributed by atoms with E-state index in [2.05, 4.69) is 32.7 Å². The van der Waals surface area contributed by atoms with Crippen molar-refractivity contribution in [1.29, 1.82) is 0 Å². The maximum absolute atomic E-state index is 2.47. The number of hydrogen-bond donors (Lipinski definition) is 0. The lowest BCUT2D eigenvalue weighted by atomic mass is 10.1. The molecule has 0 spiro atoms. The predicted octanol–water partition coefficient (Wildman–Crippen LogP) is 1.18. The van der Waals surface area contributed by atoms with E-state index in [4.69, 9.17) is 0 Å². The molecule has 0 aromatic heterocycles. The summed E-state index contributed by atoms with van der Waals surface area (Å²) in [5.41, 5.74) is 0. The lowest BCUT2D eigenvalue weighted by Gasteiger charge is -2.46. The Labute approximate surface area is 76.7 Å². The highest BCUT2D eigenvalue weighted by Gasteiger charge is 2.32. The number of quaternary nitrogens is 1. The van der Waals surface area contributed by atoms with Crippen molar-refractivity contribution in [1.82, 2.24) is 4.90 Å². The normalized spacial score (nSPS) is 30.5. The van der Waals surface area contributed by atoms with E-state index in [-0.39, 0.29) is 0 Å². The van der Waals surface area contributed by atoms with Crippen LogP contribution < -0.4 is 0 Å². The molecule has 0 amide bonds. The van der Waals surface area contributed by atoms with Crippen LogP contribution in [0, 0.1) is 0 Å². The van der Waals surface area contributed by atoms with Gasteiger partial charge in [-0.15, -0.1) is 0 Å². The third-order valence-corrected chi connectivity index (χ3v) is 3.67. The van der Waals surface area contributed by atoms with Crippen molar-refractivity contribution < 1.29 is 4.48 Å². The van der Waals surface area contributed by atoms with Crippen LogP contribution in [0.25, 0.3) is 0 Å². The summed E-state index contributed by atoms with van der Waals surface area (Å²) in [5, 5.41) is 0. The van der Waals surface area contributed by atoms with Gasteiger partial charge in [0.1, 0.15) is 0 Å². The van der Waals surface area contributed by atoms with Gasteiger partial charge in [-0.2, -0.15) is 0 Å². The van der Waals surface area contributed by atoms with Gasteiger partial charge in [-0.3, -0.25) is 4.90 Å². The SMILES string of the molecule is CC[N+]1(CC)CCN(C)C(C)C1. The van der Waals surface area contributed by atoms with E-state index in [1.807, 2.05) is 0 Å². The molecule has 0 bridgehead atoms. The van der Waals surface area contributed by atoms with Gasteiger partial charge in [0.15, 0.2) is 0 Å². The van der Waals surface area contributed by atoms with Gasteiger partial charge >= 0.3 is 0 Å². The highest BCUT2D eigenvalue weighted by molar-refractivity contribution is 4.68. The Bertz CT molecular complexity index is 141. The van der Waals surface area contributed by atoms with Crippen molar-refractivity contribution in [3.8, 4) is 0 Å². The van der Waals surface area contributed by atoms with Crippen LogP contribution in [0.1, 0.15) is 20.8 Å². The maximum Gasteiger partial charge on any atom is 0.0942 e. The van der Waals surface area contributed by atoms with E-state index < -0.39 is 0 Å². The summed E-state index contributed by atoms with van der Waals surface area (Å²) in [6.45, 7) is 13.5. The van der Waals surface area contributed by atoms with Crippen molar-refractivity contribution in [3.05, 3.63) is 0 Å². The van der Waals surface area contributed by atoms with E-state index in [1.54, 1.807) is 0 Å². The molecule has 1 heterocycles. The third kappa shape index (κ3) is 1.80. The Morgan fingerprint density at radius 1 is 1.33 bits per heavy atom. The molecule has 0 saturated carbocycles. The first kappa shape index (κ1) is 10.0. The summed E-state index contributed by atoms with van der Waals surface area (Å²) >= 11 is 0. The molecule has 1 aliphatic rings. The molecule has 1 atom stereocenters. The molecular formula is C10H23N2+. The Morgan fingerprint density at radius 2 is 1.92 bits per heavy atom. The Kier molecular flexibility index (Phi) is 3.13. The summed E-state index contributed by atoms with van der Waals surface area (Å²) in [4.78, 5) is 2.47. The van der Waals surface area contributed by atoms with Gasteiger partial charge in [0, 0.05) is 6.54 Å². The summed E-state index contributed by atoms with van der Waals surface area (Å²) in [6, 6.07) is 0.763. The van der Waals surface area contributed by atoms with Crippen molar-refractivity contribution in [2.75, 3.05) is 39.8 Å². The van der Waals surface area contributed by atoms with E-state index in [0.29, 0.717) is 0 Å². The second-order valence-electron chi connectivity index (χ2n) is 4.21. The molecule has 0 N–H and O–H groups in total. The third-order valence-electron chi connectivity index (χ3n) is 3.67. The standard InChI is InChI=1S/C10H23N2/c1-5-12(6-2)8-7-11(4)10(3)9-12/h10H,5-9H2,1-4H3/q+1. The number of rotatable bonds is 2. The molecule has 1 aliphatic heterocycles. The second-order valence-corrected chi connectivity index (χ2v) is 4.21. The first-order valence-electron chi connectivity index (χ1n) is 5.19. The molecule has 0 aromatic carbocycles. The predicted molar refractivity (Wildman–Crippen MR) is 53.2 cm³/mol. The topological polar surface area (TPSA) is 3.24 Å². The molecule has 0 aromatic rings. The number of piperazine rings is 1. The Balaban J connectivity index is 2.58. The maximum atomic E-state index is 2.47. The summed E-state index contributed by atoms with van der Waals surface area (Å²) in [5.74, 6) is 0. The highest BCUT2D eigenvalue weighted by atomic mass is 15.4. The quantitative estimate of drug-likeness (QED) is 0.564. The Morgan fingerprint density at radius 3 is 2.33 bits per heavy atom. The second kappa shape index (κ2) is 3.75. The monoisotopic (exact) mass is 171 g/mol. The minimum absolute atomic E-state index is 0.763.